The van der Waals surface area contributed by atoms with Crippen LogP contribution in [0.25, 0.3) is 77.9 Å². The van der Waals surface area contributed by atoms with E-state index >= 15 is 0 Å². The fourth-order valence-electron chi connectivity index (χ4n) is 5.87. The van der Waals surface area contributed by atoms with E-state index in [1.807, 2.05) is 13.0 Å². The van der Waals surface area contributed by atoms with Gasteiger partial charge in [-0.2, -0.15) is 0 Å². The third-order valence-electron chi connectivity index (χ3n) is 7.53. The smallest absolute Gasteiger partial charge is 0.136 e. The number of benzene rings is 6. The Kier molecular flexibility index (Phi) is 5.23. The topological polar surface area (TPSA) is 13.1 Å². The largest absolute Gasteiger partial charge is 0.456 e. The summed E-state index contributed by atoms with van der Waals surface area (Å²) < 4.78 is 6.44. The van der Waals surface area contributed by atoms with Crippen LogP contribution >= 0.6 is 0 Å². The molecule has 0 aliphatic carbocycles. The van der Waals surface area contributed by atoms with E-state index in [0.29, 0.717) is 0 Å². The van der Waals surface area contributed by atoms with Crippen LogP contribution < -0.4 is 0 Å². The van der Waals surface area contributed by atoms with Crippen molar-refractivity contribution in [2.75, 3.05) is 0 Å². The second kappa shape index (κ2) is 8.90. The molecule has 1 nitrogen and oxygen atoms in total. The first-order chi connectivity index (χ1) is 18.8. The lowest BCUT2D eigenvalue weighted by atomic mass is 9.86. The molecule has 0 atom stereocenters. The maximum atomic E-state index is 6.44. The lowest BCUT2D eigenvalue weighted by molar-refractivity contribution is 0.669. The Balaban J connectivity index is 1.54. The summed E-state index contributed by atoms with van der Waals surface area (Å²) in [5.74, 6) is 0. The van der Waals surface area contributed by atoms with Crippen LogP contribution in [0.3, 0.4) is 0 Å². The van der Waals surface area contributed by atoms with Gasteiger partial charge in [-0.05, 0) is 86.1 Å². The molecule has 0 unspecified atom stereocenters. The fourth-order valence-corrected chi connectivity index (χ4v) is 5.87. The normalized spacial score (nSPS) is 11.8. The van der Waals surface area contributed by atoms with Gasteiger partial charge in [-0.3, -0.25) is 0 Å². The molecule has 0 aliphatic rings. The Hall–Kier alpha value is -4.88. The van der Waals surface area contributed by atoms with Gasteiger partial charge in [0.05, 0.1) is 0 Å². The third kappa shape index (κ3) is 3.40. The van der Waals surface area contributed by atoms with Crippen LogP contribution in [0.5, 0.6) is 0 Å². The minimum Gasteiger partial charge on any atom is -0.456 e. The predicted molar refractivity (Wildman–Crippen MR) is 164 cm³/mol. The van der Waals surface area contributed by atoms with Crippen LogP contribution in [-0.2, 0) is 0 Å². The molecule has 7 aromatic rings. The number of rotatable bonds is 4. The number of allylic oxidation sites excluding steroid dienone is 1. The first-order valence-corrected chi connectivity index (χ1v) is 13.0. The molecular formula is C37H26O. The van der Waals surface area contributed by atoms with Crippen molar-refractivity contribution in [1.82, 2.24) is 0 Å². The van der Waals surface area contributed by atoms with Gasteiger partial charge >= 0.3 is 0 Å². The van der Waals surface area contributed by atoms with Gasteiger partial charge in [0.2, 0.25) is 0 Å². The van der Waals surface area contributed by atoms with Crippen LogP contribution in [0, 0.1) is 0 Å². The van der Waals surface area contributed by atoms with Crippen molar-refractivity contribution in [1.29, 1.82) is 0 Å². The molecule has 1 aromatic heterocycles. The zero-order valence-electron chi connectivity index (χ0n) is 21.2. The van der Waals surface area contributed by atoms with Crippen molar-refractivity contribution in [2.45, 2.75) is 6.92 Å². The number of hydrogen-bond acceptors (Lipinski definition) is 1. The van der Waals surface area contributed by atoms with Crippen molar-refractivity contribution < 1.29 is 4.42 Å². The molecule has 0 fully saturated rings. The molecule has 0 saturated heterocycles. The molecule has 0 radical (unpaired) electrons. The Bertz CT molecular complexity index is 1980. The summed E-state index contributed by atoms with van der Waals surface area (Å²) in [6.07, 6.45) is 6.07. The van der Waals surface area contributed by atoms with E-state index < -0.39 is 0 Å². The van der Waals surface area contributed by atoms with E-state index in [2.05, 4.69) is 128 Å². The third-order valence-corrected chi connectivity index (χ3v) is 7.53. The summed E-state index contributed by atoms with van der Waals surface area (Å²) in [4.78, 5) is 0. The minimum atomic E-state index is 0.884. The Morgan fingerprint density at radius 2 is 1.11 bits per heavy atom. The monoisotopic (exact) mass is 486 g/mol. The molecule has 0 saturated carbocycles. The second-order valence-electron chi connectivity index (χ2n) is 9.70. The quantitative estimate of drug-likeness (QED) is 0.225. The highest BCUT2D eigenvalue weighted by molar-refractivity contribution is 6.22. The Morgan fingerprint density at radius 1 is 0.526 bits per heavy atom. The summed E-state index contributed by atoms with van der Waals surface area (Å²) in [7, 11) is 0. The molecular weight excluding hydrogens is 460 g/mol. The summed E-state index contributed by atoms with van der Waals surface area (Å²) in [6.45, 7) is 6.04. The van der Waals surface area contributed by atoms with Gasteiger partial charge in [-0.1, -0.05) is 110 Å². The van der Waals surface area contributed by atoms with E-state index in [9.17, 15) is 0 Å². The fraction of sp³-hybridized carbons (Fsp3) is 0.0270. The minimum absolute atomic E-state index is 0.884. The van der Waals surface area contributed by atoms with Crippen molar-refractivity contribution >= 4 is 55.6 Å². The van der Waals surface area contributed by atoms with Crippen molar-refractivity contribution in [3.63, 3.8) is 0 Å². The van der Waals surface area contributed by atoms with E-state index in [0.717, 1.165) is 38.6 Å². The number of fused-ring (bicyclic) bond motifs is 5. The molecule has 0 bridgehead atoms. The molecule has 1 heterocycles. The van der Waals surface area contributed by atoms with Crippen LogP contribution in [0.15, 0.2) is 126 Å². The van der Waals surface area contributed by atoms with Crippen molar-refractivity contribution in [3.8, 4) is 22.3 Å². The summed E-state index contributed by atoms with van der Waals surface area (Å²) >= 11 is 0. The van der Waals surface area contributed by atoms with Crippen LogP contribution in [0.4, 0.5) is 0 Å². The molecule has 0 aliphatic heterocycles. The van der Waals surface area contributed by atoms with Gasteiger partial charge in [0, 0.05) is 10.8 Å². The van der Waals surface area contributed by atoms with Gasteiger partial charge in [0.15, 0.2) is 0 Å². The first kappa shape index (κ1) is 22.3. The maximum absolute atomic E-state index is 6.44. The molecule has 0 spiro atoms. The van der Waals surface area contributed by atoms with E-state index in [-0.39, 0.29) is 0 Å². The van der Waals surface area contributed by atoms with Gasteiger partial charge < -0.3 is 4.42 Å². The summed E-state index contributed by atoms with van der Waals surface area (Å²) in [5.41, 5.74) is 8.90. The molecule has 0 amide bonds. The van der Waals surface area contributed by atoms with Crippen LogP contribution in [-0.4, -0.2) is 0 Å². The predicted octanol–water partition coefficient (Wildman–Crippen LogP) is 10.9. The van der Waals surface area contributed by atoms with E-state index in [1.165, 1.54) is 38.2 Å². The average molecular weight is 487 g/mol. The highest BCUT2D eigenvalue weighted by Gasteiger charge is 2.17. The molecule has 0 N–H and O–H groups in total. The number of hydrogen-bond donors (Lipinski definition) is 0. The van der Waals surface area contributed by atoms with Gasteiger partial charge in [-0.25, -0.2) is 0 Å². The molecule has 180 valence electrons. The molecule has 1 heteroatoms. The first-order valence-electron chi connectivity index (χ1n) is 13.0. The second-order valence-corrected chi connectivity index (χ2v) is 9.70. The van der Waals surface area contributed by atoms with Crippen LogP contribution in [0.2, 0.25) is 0 Å². The number of furan rings is 1. The zero-order valence-corrected chi connectivity index (χ0v) is 21.2. The summed E-state index contributed by atoms with van der Waals surface area (Å²) in [5, 5.41) is 7.24. The summed E-state index contributed by atoms with van der Waals surface area (Å²) in [6, 6.07) is 39.2. The highest BCUT2D eigenvalue weighted by atomic mass is 16.3. The van der Waals surface area contributed by atoms with Gasteiger partial charge in [-0.15, -0.1) is 0 Å². The Morgan fingerprint density at radius 3 is 1.71 bits per heavy atom. The lowest BCUT2D eigenvalue weighted by Gasteiger charge is -2.17. The van der Waals surface area contributed by atoms with Gasteiger partial charge in [0.1, 0.15) is 11.2 Å². The Labute approximate surface area is 222 Å². The molecule has 7 rings (SSSR count). The average Bonchev–Trinajstić information content (AvgIpc) is 3.32. The van der Waals surface area contributed by atoms with E-state index in [4.69, 9.17) is 4.42 Å². The SMILES string of the molecule is C=Cc1cc2oc3cc(-c4c5ccccc5c(-c5ccccc5)c5ccccc45)ccc3c2cc1/C=C\C. The molecule has 6 aromatic carbocycles. The van der Waals surface area contributed by atoms with Crippen molar-refractivity contribution in [2.24, 2.45) is 0 Å². The standard InChI is InChI=1S/C37H26O/c1-3-12-26-21-33-28-20-19-27(23-34(28)38-35(33)22-24(26)4-2)37-31-17-10-8-15-29(31)36(25-13-6-5-7-14-25)30-16-9-11-18-32(30)37/h3-23H,2H2,1H3/b12-3-. The van der Waals surface area contributed by atoms with Crippen LogP contribution in [0.1, 0.15) is 18.1 Å². The zero-order chi connectivity index (χ0) is 25.6. The van der Waals surface area contributed by atoms with Crippen molar-refractivity contribution in [3.05, 3.63) is 133 Å². The lowest BCUT2D eigenvalue weighted by Crippen LogP contribution is -1.90. The maximum Gasteiger partial charge on any atom is 0.136 e. The van der Waals surface area contributed by atoms with E-state index in [1.54, 1.807) is 0 Å². The molecule has 38 heavy (non-hydrogen) atoms. The highest BCUT2D eigenvalue weighted by Crippen LogP contribution is 2.44. The van der Waals surface area contributed by atoms with Gasteiger partial charge in [0.25, 0.3) is 0 Å².